The summed E-state index contributed by atoms with van der Waals surface area (Å²) in [6, 6.07) is 8.69. The van der Waals surface area contributed by atoms with Crippen LogP contribution in [-0.2, 0) is 0 Å². The van der Waals surface area contributed by atoms with Crippen molar-refractivity contribution < 1.29 is 8.78 Å². The van der Waals surface area contributed by atoms with Crippen LogP contribution in [0.25, 0.3) is 0 Å². The Balaban J connectivity index is 2.71. The normalized spacial score (nSPS) is 10.0. The average molecular weight is 199 g/mol. The third kappa shape index (κ3) is 3.03. The van der Waals surface area contributed by atoms with E-state index in [0.29, 0.717) is 10.5 Å². The molecule has 0 radical (unpaired) electrons. The van der Waals surface area contributed by atoms with E-state index in [1.165, 1.54) is 0 Å². The zero-order valence-corrected chi connectivity index (χ0v) is 7.52. The first-order valence-electron chi connectivity index (χ1n) is 3.64. The van der Waals surface area contributed by atoms with E-state index in [4.69, 9.17) is 5.26 Å². The monoisotopic (exact) mass is 199 g/mol. The van der Waals surface area contributed by atoms with Crippen LogP contribution in [0.1, 0.15) is 5.56 Å². The Morgan fingerprint density at radius 2 is 2.08 bits per heavy atom. The fourth-order valence-corrected chi connectivity index (χ4v) is 1.59. The molecule has 0 heterocycles. The minimum Gasteiger partial charge on any atom is -0.210 e. The number of hydrogen-bond acceptors (Lipinski definition) is 2. The third-order valence-corrected chi connectivity index (χ3v) is 2.46. The number of hydrogen-bond donors (Lipinski definition) is 0. The largest absolute Gasteiger partial charge is 0.247 e. The predicted octanol–water partition coefficient (Wildman–Crippen LogP) is 2.92. The van der Waals surface area contributed by atoms with Gasteiger partial charge in [-0.1, -0.05) is 12.1 Å². The average Bonchev–Trinajstić information content (AvgIpc) is 2.15. The summed E-state index contributed by atoms with van der Waals surface area (Å²) in [6.45, 7) is 0. The summed E-state index contributed by atoms with van der Waals surface area (Å²) in [7, 11) is 0. The summed E-state index contributed by atoms with van der Waals surface area (Å²) in [5, 5.41) is 8.63. The highest BCUT2D eigenvalue weighted by Crippen LogP contribution is 2.23. The number of nitrogens with zero attached hydrogens (tertiary/aromatic N) is 1. The van der Waals surface area contributed by atoms with E-state index in [9.17, 15) is 8.78 Å². The molecule has 13 heavy (non-hydrogen) atoms. The summed E-state index contributed by atoms with van der Waals surface area (Å²) in [5.74, 6) is -0.265. The van der Waals surface area contributed by atoms with E-state index in [0.717, 1.165) is 11.8 Å². The molecule has 0 saturated heterocycles. The highest BCUT2D eigenvalue weighted by atomic mass is 32.2. The molecule has 0 amide bonds. The Labute approximate surface area is 79.4 Å². The molecule has 1 aromatic rings. The zero-order valence-electron chi connectivity index (χ0n) is 6.71. The Kier molecular flexibility index (Phi) is 3.71. The highest BCUT2D eigenvalue weighted by Gasteiger charge is 2.06. The van der Waals surface area contributed by atoms with E-state index in [2.05, 4.69) is 0 Å². The second-order valence-corrected chi connectivity index (χ2v) is 3.37. The van der Waals surface area contributed by atoms with Crippen LogP contribution in [0.5, 0.6) is 0 Å². The second kappa shape index (κ2) is 4.83. The van der Waals surface area contributed by atoms with Crippen molar-refractivity contribution in [3.05, 3.63) is 29.8 Å². The van der Waals surface area contributed by atoms with E-state index in [1.807, 2.05) is 6.07 Å². The zero-order chi connectivity index (χ0) is 9.68. The topological polar surface area (TPSA) is 23.8 Å². The molecule has 0 unspecified atom stereocenters. The Morgan fingerprint density at radius 1 is 1.38 bits per heavy atom. The summed E-state index contributed by atoms with van der Waals surface area (Å²) in [4.78, 5) is 0.616. The molecule has 0 aliphatic heterocycles. The van der Waals surface area contributed by atoms with Gasteiger partial charge in [-0.25, -0.2) is 8.78 Å². The molecule has 0 atom stereocenters. The summed E-state index contributed by atoms with van der Waals surface area (Å²) in [5.41, 5.74) is 0.452. The van der Waals surface area contributed by atoms with Crippen LogP contribution in [0.2, 0.25) is 0 Å². The molecule has 0 spiro atoms. The van der Waals surface area contributed by atoms with Gasteiger partial charge in [0.05, 0.1) is 11.3 Å². The van der Waals surface area contributed by atoms with Crippen molar-refractivity contribution in [2.45, 2.75) is 11.3 Å². The first kappa shape index (κ1) is 10.0. The van der Waals surface area contributed by atoms with Gasteiger partial charge in [0.15, 0.2) is 0 Å². The number of alkyl halides is 2. The molecule has 1 rings (SSSR count). The molecule has 0 fully saturated rings. The fraction of sp³-hybridized carbons (Fsp3) is 0.222. The van der Waals surface area contributed by atoms with Gasteiger partial charge < -0.3 is 0 Å². The van der Waals surface area contributed by atoms with E-state index in [-0.39, 0.29) is 5.75 Å². The van der Waals surface area contributed by atoms with Crippen LogP contribution in [0.15, 0.2) is 29.2 Å². The molecule has 0 aliphatic carbocycles. The lowest BCUT2D eigenvalue weighted by Gasteiger charge is -2.01. The lowest BCUT2D eigenvalue weighted by Crippen LogP contribution is -1.94. The molecule has 0 aromatic heterocycles. The maximum Gasteiger partial charge on any atom is 0.247 e. The standard InChI is InChI=1S/C9H7F2NS/c10-9(11)6-13-8-4-2-1-3-7(8)5-12/h1-4,9H,6H2. The molecule has 0 N–H and O–H groups in total. The molecule has 0 saturated carbocycles. The maximum absolute atomic E-state index is 11.9. The second-order valence-electron chi connectivity index (χ2n) is 2.31. The molecule has 68 valence electrons. The summed E-state index contributed by atoms with van der Waals surface area (Å²) in [6.07, 6.45) is -2.34. The van der Waals surface area contributed by atoms with Crippen LogP contribution in [-0.4, -0.2) is 12.2 Å². The summed E-state index contributed by atoms with van der Waals surface area (Å²) >= 11 is 1.01. The van der Waals surface area contributed by atoms with Gasteiger partial charge >= 0.3 is 0 Å². The van der Waals surface area contributed by atoms with Crippen molar-refractivity contribution in [2.75, 3.05) is 5.75 Å². The van der Waals surface area contributed by atoms with Gasteiger partial charge in [0, 0.05) is 4.90 Å². The molecular formula is C9H7F2NS. The lowest BCUT2D eigenvalue weighted by atomic mass is 10.2. The van der Waals surface area contributed by atoms with E-state index >= 15 is 0 Å². The van der Waals surface area contributed by atoms with Crippen LogP contribution in [0.3, 0.4) is 0 Å². The Bertz CT molecular complexity index is 320. The van der Waals surface area contributed by atoms with E-state index < -0.39 is 6.43 Å². The van der Waals surface area contributed by atoms with Crippen molar-refractivity contribution in [1.29, 1.82) is 5.26 Å². The number of thioether (sulfide) groups is 1. The van der Waals surface area contributed by atoms with E-state index in [1.54, 1.807) is 24.3 Å². The number of nitriles is 1. The highest BCUT2D eigenvalue weighted by molar-refractivity contribution is 7.99. The first-order valence-corrected chi connectivity index (χ1v) is 4.62. The molecule has 4 heteroatoms. The fourth-order valence-electron chi connectivity index (χ4n) is 0.838. The SMILES string of the molecule is N#Cc1ccccc1SCC(F)F. The molecule has 1 nitrogen and oxygen atoms in total. The lowest BCUT2D eigenvalue weighted by molar-refractivity contribution is 0.177. The van der Waals surface area contributed by atoms with Gasteiger partial charge in [-0.2, -0.15) is 5.26 Å². The van der Waals surface area contributed by atoms with Gasteiger partial charge in [-0.15, -0.1) is 11.8 Å². The Morgan fingerprint density at radius 3 is 2.69 bits per heavy atom. The minimum atomic E-state index is -2.34. The molecular weight excluding hydrogens is 192 g/mol. The quantitative estimate of drug-likeness (QED) is 0.699. The van der Waals surface area contributed by atoms with Gasteiger partial charge in [0.25, 0.3) is 0 Å². The van der Waals surface area contributed by atoms with Crippen LogP contribution in [0.4, 0.5) is 8.78 Å². The predicted molar refractivity (Wildman–Crippen MR) is 47.9 cm³/mol. The molecule has 0 aliphatic rings. The van der Waals surface area contributed by atoms with Gasteiger partial charge in [-0.3, -0.25) is 0 Å². The van der Waals surface area contributed by atoms with Crippen LogP contribution in [0, 0.1) is 11.3 Å². The van der Waals surface area contributed by atoms with Gasteiger partial charge in [-0.05, 0) is 12.1 Å². The number of halogens is 2. The molecule has 1 aromatic carbocycles. The Hall–Kier alpha value is -1.08. The van der Waals surface area contributed by atoms with Crippen molar-refractivity contribution in [1.82, 2.24) is 0 Å². The van der Waals surface area contributed by atoms with Crippen molar-refractivity contribution in [2.24, 2.45) is 0 Å². The maximum atomic E-state index is 11.9. The third-order valence-electron chi connectivity index (χ3n) is 1.37. The van der Waals surface area contributed by atoms with Crippen molar-refractivity contribution >= 4 is 11.8 Å². The smallest absolute Gasteiger partial charge is 0.210 e. The number of rotatable bonds is 3. The van der Waals surface area contributed by atoms with Crippen molar-refractivity contribution in [3.8, 4) is 6.07 Å². The van der Waals surface area contributed by atoms with Gasteiger partial charge in [0.2, 0.25) is 6.43 Å². The van der Waals surface area contributed by atoms with Crippen LogP contribution >= 0.6 is 11.8 Å². The van der Waals surface area contributed by atoms with Crippen LogP contribution < -0.4 is 0 Å². The van der Waals surface area contributed by atoms with Gasteiger partial charge in [0.1, 0.15) is 6.07 Å². The van der Waals surface area contributed by atoms with Crippen molar-refractivity contribution in [3.63, 3.8) is 0 Å². The summed E-state index contributed by atoms with van der Waals surface area (Å²) < 4.78 is 23.7. The first-order chi connectivity index (χ1) is 6.24. The number of benzene rings is 1. The minimum absolute atomic E-state index is 0.265. The molecule has 0 bridgehead atoms.